The van der Waals surface area contributed by atoms with Crippen LogP contribution in [-0.2, 0) is 9.47 Å². The van der Waals surface area contributed by atoms with E-state index in [1.54, 1.807) is 4.90 Å². The second kappa shape index (κ2) is 6.99. The monoisotopic (exact) mass is 291 g/mol. The van der Waals surface area contributed by atoms with Crippen LogP contribution >= 0.6 is 0 Å². The van der Waals surface area contributed by atoms with Gasteiger partial charge in [0, 0.05) is 19.0 Å². The number of carbonyl (C=O) groups excluding carboxylic acids is 1. The molecule has 0 aromatic rings. The highest BCUT2D eigenvalue weighted by Crippen LogP contribution is 2.27. The normalized spacial score (nSPS) is 18.2. The van der Waals surface area contributed by atoms with Crippen LogP contribution in [0.1, 0.15) is 33.6 Å². The highest BCUT2D eigenvalue weighted by Gasteiger charge is 2.31. The fourth-order valence-corrected chi connectivity index (χ4v) is 2.29. The van der Waals surface area contributed by atoms with Crippen LogP contribution in [0.25, 0.3) is 0 Å². The van der Waals surface area contributed by atoms with E-state index in [9.17, 15) is 4.79 Å². The molecule has 0 aliphatic carbocycles. The van der Waals surface area contributed by atoms with Gasteiger partial charge in [0.15, 0.2) is 5.57 Å². The second-order valence-electron chi connectivity index (χ2n) is 5.93. The average molecular weight is 291 g/mol. The molecule has 0 aromatic carbocycles. The summed E-state index contributed by atoms with van der Waals surface area (Å²) in [6, 6.07) is 3.68. The van der Waals surface area contributed by atoms with Gasteiger partial charge in [0.25, 0.3) is 0 Å². The van der Waals surface area contributed by atoms with Gasteiger partial charge in [-0.1, -0.05) is 0 Å². The predicted molar refractivity (Wildman–Crippen MR) is 75.8 cm³/mol. The molecule has 1 amide bonds. The van der Waals surface area contributed by atoms with E-state index in [0.717, 1.165) is 12.8 Å². The Labute approximate surface area is 125 Å². The van der Waals surface area contributed by atoms with Crippen LogP contribution in [0.5, 0.6) is 0 Å². The number of likely N-dealkylation sites (tertiary alicyclic amines) is 1. The highest BCUT2D eigenvalue weighted by atomic mass is 16.6. The van der Waals surface area contributed by atoms with Crippen molar-refractivity contribution in [1.29, 1.82) is 10.5 Å². The quantitative estimate of drug-likeness (QED) is 0.576. The maximum atomic E-state index is 12.1. The first-order chi connectivity index (χ1) is 9.82. The molecule has 0 N–H and O–H groups in total. The first kappa shape index (κ1) is 16.8. The van der Waals surface area contributed by atoms with Gasteiger partial charge in [0.1, 0.15) is 23.5 Å². The number of nitrogens with zero attached hydrogens (tertiary/aromatic N) is 3. The van der Waals surface area contributed by atoms with E-state index in [4.69, 9.17) is 20.0 Å². The standard InChI is InChI=1S/C15H21N3O3/c1-15(2,3)21-14(19)18-7-5-6-11(10-18)13(20-4)12(8-16)9-17/h11H,5-7,10H2,1-4H3. The molecule has 6 nitrogen and oxygen atoms in total. The Hall–Kier alpha value is -2.21. The van der Waals surface area contributed by atoms with Crippen LogP contribution in [0.15, 0.2) is 11.3 Å². The van der Waals surface area contributed by atoms with E-state index < -0.39 is 5.60 Å². The Balaban J connectivity index is 2.86. The van der Waals surface area contributed by atoms with Crippen LogP contribution in [0.4, 0.5) is 4.79 Å². The minimum absolute atomic E-state index is 0.0338. The van der Waals surface area contributed by atoms with Crippen LogP contribution in [-0.4, -0.2) is 36.8 Å². The Morgan fingerprint density at radius 1 is 1.29 bits per heavy atom. The summed E-state index contributed by atoms with van der Waals surface area (Å²) >= 11 is 0. The third kappa shape index (κ3) is 4.68. The van der Waals surface area contributed by atoms with Gasteiger partial charge >= 0.3 is 6.09 Å². The number of hydrogen-bond acceptors (Lipinski definition) is 5. The fraction of sp³-hybridized carbons (Fsp3) is 0.667. The summed E-state index contributed by atoms with van der Waals surface area (Å²) in [6.45, 7) is 6.45. The maximum absolute atomic E-state index is 12.1. The summed E-state index contributed by atoms with van der Waals surface area (Å²) in [5.74, 6) is 0.207. The first-order valence-electron chi connectivity index (χ1n) is 6.88. The average Bonchev–Trinajstić information content (AvgIpc) is 2.43. The van der Waals surface area contributed by atoms with Crippen LogP contribution < -0.4 is 0 Å². The smallest absolute Gasteiger partial charge is 0.410 e. The van der Waals surface area contributed by atoms with Gasteiger partial charge in [0.05, 0.1) is 7.11 Å². The molecule has 1 aliphatic rings. The van der Waals surface area contributed by atoms with E-state index in [0.29, 0.717) is 18.8 Å². The SMILES string of the molecule is COC(=C(C#N)C#N)C1CCCN(C(=O)OC(C)(C)C)C1. The van der Waals surface area contributed by atoms with Gasteiger partial charge in [-0.15, -0.1) is 0 Å². The molecule has 1 saturated heterocycles. The van der Waals surface area contributed by atoms with Crippen molar-refractivity contribution in [2.45, 2.75) is 39.2 Å². The molecule has 0 saturated carbocycles. The molecular weight excluding hydrogens is 270 g/mol. The highest BCUT2D eigenvalue weighted by molar-refractivity contribution is 5.68. The van der Waals surface area contributed by atoms with E-state index in [-0.39, 0.29) is 17.6 Å². The first-order valence-corrected chi connectivity index (χ1v) is 6.88. The topological polar surface area (TPSA) is 86.4 Å². The van der Waals surface area contributed by atoms with Crippen molar-refractivity contribution < 1.29 is 14.3 Å². The van der Waals surface area contributed by atoms with Crippen molar-refractivity contribution in [2.24, 2.45) is 5.92 Å². The third-order valence-electron chi connectivity index (χ3n) is 3.13. The fourth-order valence-electron chi connectivity index (χ4n) is 2.29. The number of carbonyl (C=O) groups is 1. The zero-order valence-corrected chi connectivity index (χ0v) is 13.0. The summed E-state index contributed by atoms with van der Waals surface area (Å²) in [5.41, 5.74) is -0.581. The van der Waals surface area contributed by atoms with Gasteiger partial charge in [0.2, 0.25) is 0 Å². The summed E-state index contributed by atoms with van der Waals surface area (Å²) in [4.78, 5) is 13.7. The van der Waals surface area contributed by atoms with E-state index >= 15 is 0 Å². The lowest BCUT2D eigenvalue weighted by Gasteiger charge is -2.34. The van der Waals surface area contributed by atoms with E-state index in [2.05, 4.69) is 0 Å². The van der Waals surface area contributed by atoms with Crippen LogP contribution in [0.3, 0.4) is 0 Å². The van der Waals surface area contributed by atoms with Gasteiger partial charge in [-0.2, -0.15) is 10.5 Å². The molecule has 1 rings (SSSR count). The predicted octanol–water partition coefficient (Wildman–Crippen LogP) is 2.58. The van der Waals surface area contributed by atoms with Gasteiger partial charge in [-0.05, 0) is 33.6 Å². The van der Waals surface area contributed by atoms with Crippen molar-refractivity contribution in [3.05, 3.63) is 11.3 Å². The second-order valence-corrected chi connectivity index (χ2v) is 5.93. The molecule has 0 bridgehead atoms. The molecular formula is C15H21N3O3. The van der Waals surface area contributed by atoms with E-state index in [1.807, 2.05) is 32.9 Å². The van der Waals surface area contributed by atoms with Crippen molar-refractivity contribution >= 4 is 6.09 Å². The molecule has 1 heterocycles. The Morgan fingerprint density at radius 2 is 1.90 bits per heavy atom. The molecule has 0 radical (unpaired) electrons. The molecule has 114 valence electrons. The number of nitriles is 2. The molecule has 21 heavy (non-hydrogen) atoms. The number of amides is 1. The Bertz CT molecular complexity index is 490. The molecule has 1 fully saturated rings. The number of allylic oxidation sites excluding steroid dienone is 1. The Kier molecular flexibility index (Phi) is 5.60. The van der Waals surface area contributed by atoms with Gasteiger partial charge in [-0.3, -0.25) is 0 Å². The summed E-state index contributed by atoms with van der Waals surface area (Å²) in [5, 5.41) is 17.9. The zero-order valence-electron chi connectivity index (χ0n) is 13.0. The minimum atomic E-state index is -0.547. The maximum Gasteiger partial charge on any atom is 0.410 e. The number of hydrogen-bond donors (Lipinski definition) is 0. The molecule has 0 aromatic heterocycles. The zero-order chi connectivity index (χ0) is 16.0. The lowest BCUT2D eigenvalue weighted by atomic mass is 9.94. The molecule has 0 spiro atoms. The molecule has 1 aliphatic heterocycles. The largest absolute Gasteiger partial charge is 0.499 e. The number of ether oxygens (including phenoxy) is 2. The van der Waals surface area contributed by atoms with E-state index in [1.165, 1.54) is 7.11 Å². The van der Waals surface area contributed by atoms with Crippen molar-refractivity contribution in [3.63, 3.8) is 0 Å². The van der Waals surface area contributed by atoms with Crippen molar-refractivity contribution in [1.82, 2.24) is 4.90 Å². The number of methoxy groups -OCH3 is 1. The number of rotatable bonds is 2. The summed E-state index contributed by atoms with van der Waals surface area (Å²) in [6.07, 6.45) is 1.18. The van der Waals surface area contributed by atoms with Gasteiger partial charge < -0.3 is 14.4 Å². The van der Waals surface area contributed by atoms with Crippen LogP contribution in [0, 0.1) is 28.6 Å². The minimum Gasteiger partial charge on any atom is -0.499 e. The van der Waals surface area contributed by atoms with Crippen molar-refractivity contribution in [3.8, 4) is 12.1 Å². The molecule has 1 atom stereocenters. The summed E-state index contributed by atoms with van der Waals surface area (Å²) < 4.78 is 10.6. The molecule has 1 unspecified atom stereocenters. The number of piperidine rings is 1. The lowest BCUT2D eigenvalue weighted by molar-refractivity contribution is 0.0158. The lowest BCUT2D eigenvalue weighted by Crippen LogP contribution is -2.43. The van der Waals surface area contributed by atoms with Crippen molar-refractivity contribution in [2.75, 3.05) is 20.2 Å². The third-order valence-corrected chi connectivity index (χ3v) is 3.13. The van der Waals surface area contributed by atoms with Crippen LogP contribution in [0.2, 0.25) is 0 Å². The summed E-state index contributed by atoms with van der Waals surface area (Å²) in [7, 11) is 1.44. The molecule has 6 heteroatoms. The Morgan fingerprint density at radius 3 is 2.38 bits per heavy atom. The van der Waals surface area contributed by atoms with Gasteiger partial charge in [-0.25, -0.2) is 4.79 Å².